The number of hydrogen-bond donors (Lipinski definition) is 1. The molecule has 0 atom stereocenters. The highest BCUT2D eigenvalue weighted by Crippen LogP contribution is 2.27. The van der Waals surface area contributed by atoms with Crippen molar-refractivity contribution in [2.45, 2.75) is 6.42 Å². The molecule has 0 aromatic heterocycles. The molecule has 0 aliphatic rings. The molecule has 1 N–H and O–H groups in total. The Hall–Kier alpha value is -1.50. The molecule has 0 fully saturated rings. The lowest BCUT2D eigenvalue weighted by Gasteiger charge is -2.01. The molecule has 0 aliphatic heterocycles. The second-order valence-corrected chi connectivity index (χ2v) is 3.58. The van der Waals surface area contributed by atoms with E-state index in [9.17, 15) is 19.3 Å². The number of benzene rings is 1. The van der Waals surface area contributed by atoms with Gasteiger partial charge < -0.3 is 5.11 Å². The smallest absolute Gasteiger partial charge is 0.307 e. The molecule has 0 bridgehead atoms. The zero-order valence-electron chi connectivity index (χ0n) is 7.24. The van der Waals surface area contributed by atoms with Crippen LogP contribution in [0.25, 0.3) is 0 Å². The van der Waals surface area contributed by atoms with Gasteiger partial charge in [0.25, 0.3) is 5.69 Å². The Morgan fingerprint density at radius 2 is 2.20 bits per heavy atom. The van der Waals surface area contributed by atoms with Crippen LogP contribution in [0.5, 0.6) is 0 Å². The number of nitro groups is 1. The summed E-state index contributed by atoms with van der Waals surface area (Å²) < 4.78 is 13.1. The van der Waals surface area contributed by atoms with Crippen LogP contribution in [0.1, 0.15) is 5.56 Å². The summed E-state index contributed by atoms with van der Waals surface area (Å²) >= 11 is 2.82. The van der Waals surface area contributed by atoms with Crippen LogP contribution in [-0.4, -0.2) is 16.0 Å². The highest BCUT2D eigenvalue weighted by atomic mass is 79.9. The summed E-state index contributed by atoms with van der Waals surface area (Å²) in [5.74, 6) is -2.03. The fraction of sp³-hybridized carbons (Fsp3) is 0.125. The van der Waals surface area contributed by atoms with E-state index < -0.39 is 23.1 Å². The maximum absolute atomic E-state index is 13.1. The topological polar surface area (TPSA) is 80.4 Å². The van der Waals surface area contributed by atoms with Crippen LogP contribution >= 0.6 is 15.9 Å². The Kier molecular flexibility index (Phi) is 3.35. The molecule has 5 nitrogen and oxygen atoms in total. The van der Waals surface area contributed by atoms with Crippen LogP contribution in [0.4, 0.5) is 10.1 Å². The van der Waals surface area contributed by atoms with Crippen molar-refractivity contribution in [3.63, 3.8) is 0 Å². The van der Waals surface area contributed by atoms with Crippen molar-refractivity contribution in [3.8, 4) is 0 Å². The summed E-state index contributed by atoms with van der Waals surface area (Å²) in [6, 6.07) is 1.80. The van der Waals surface area contributed by atoms with Crippen molar-refractivity contribution >= 4 is 27.6 Å². The molecule has 0 unspecified atom stereocenters. The van der Waals surface area contributed by atoms with Crippen LogP contribution in [0.3, 0.4) is 0 Å². The van der Waals surface area contributed by atoms with Crippen molar-refractivity contribution in [2.75, 3.05) is 0 Å². The third kappa shape index (κ3) is 2.72. The van der Waals surface area contributed by atoms with Crippen molar-refractivity contribution in [1.29, 1.82) is 0 Å². The first-order chi connectivity index (χ1) is 6.91. The standard InChI is InChI=1S/C8H5BrFNO4/c9-5-3-6(10)4(2-8(12)13)1-7(5)11(14)15/h1,3H,2H2,(H,12,13). The summed E-state index contributed by atoms with van der Waals surface area (Å²) in [5, 5.41) is 18.9. The minimum absolute atomic E-state index is 0.0147. The van der Waals surface area contributed by atoms with Crippen molar-refractivity contribution in [3.05, 3.63) is 38.1 Å². The number of hydrogen-bond acceptors (Lipinski definition) is 3. The summed E-state index contributed by atoms with van der Waals surface area (Å²) in [6.07, 6.45) is -0.583. The Labute approximate surface area is 91.8 Å². The Morgan fingerprint density at radius 3 is 2.67 bits per heavy atom. The molecule has 0 amide bonds. The molecule has 7 heteroatoms. The van der Waals surface area contributed by atoms with Gasteiger partial charge >= 0.3 is 5.97 Å². The minimum atomic E-state index is -1.24. The van der Waals surface area contributed by atoms with E-state index in [0.29, 0.717) is 0 Å². The van der Waals surface area contributed by atoms with Crippen molar-refractivity contribution in [2.24, 2.45) is 0 Å². The van der Waals surface area contributed by atoms with Crippen molar-refractivity contribution in [1.82, 2.24) is 0 Å². The summed E-state index contributed by atoms with van der Waals surface area (Å²) in [5.41, 5.74) is -0.565. The van der Waals surface area contributed by atoms with Crippen molar-refractivity contribution < 1.29 is 19.2 Å². The van der Waals surface area contributed by atoms with Gasteiger partial charge in [-0.3, -0.25) is 14.9 Å². The Balaban J connectivity index is 3.23. The van der Waals surface area contributed by atoms with E-state index in [-0.39, 0.29) is 15.7 Å². The second kappa shape index (κ2) is 4.35. The zero-order valence-corrected chi connectivity index (χ0v) is 8.82. The van der Waals surface area contributed by atoms with Gasteiger partial charge in [-0.1, -0.05) is 0 Å². The van der Waals surface area contributed by atoms with Gasteiger partial charge in [0.2, 0.25) is 0 Å². The average molecular weight is 278 g/mol. The third-order valence-corrected chi connectivity index (χ3v) is 2.29. The molecule has 0 radical (unpaired) electrons. The quantitative estimate of drug-likeness (QED) is 0.678. The van der Waals surface area contributed by atoms with Gasteiger partial charge in [-0.15, -0.1) is 0 Å². The Morgan fingerprint density at radius 1 is 1.60 bits per heavy atom. The van der Waals surface area contributed by atoms with Crippen LogP contribution in [0.2, 0.25) is 0 Å². The molecule has 15 heavy (non-hydrogen) atoms. The maximum atomic E-state index is 13.1. The van der Waals surface area contributed by atoms with E-state index in [4.69, 9.17) is 5.11 Å². The van der Waals surface area contributed by atoms with E-state index in [2.05, 4.69) is 15.9 Å². The van der Waals surface area contributed by atoms with Gasteiger partial charge in [-0.25, -0.2) is 4.39 Å². The summed E-state index contributed by atoms with van der Waals surface area (Å²) in [6.45, 7) is 0. The number of aliphatic carboxylic acids is 1. The highest BCUT2D eigenvalue weighted by Gasteiger charge is 2.17. The number of carboxylic acids is 1. The zero-order chi connectivity index (χ0) is 11.6. The molecule has 0 heterocycles. The molecule has 0 saturated heterocycles. The lowest BCUT2D eigenvalue weighted by molar-refractivity contribution is -0.385. The minimum Gasteiger partial charge on any atom is -0.481 e. The van der Waals surface area contributed by atoms with E-state index in [1.54, 1.807) is 0 Å². The molecule has 1 rings (SSSR count). The van der Waals surface area contributed by atoms with Gasteiger partial charge in [-0.2, -0.15) is 0 Å². The van der Waals surface area contributed by atoms with Crippen LogP contribution < -0.4 is 0 Å². The highest BCUT2D eigenvalue weighted by molar-refractivity contribution is 9.10. The molecular weight excluding hydrogens is 273 g/mol. The first-order valence-electron chi connectivity index (χ1n) is 3.76. The lowest BCUT2D eigenvalue weighted by atomic mass is 10.1. The van der Waals surface area contributed by atoms with Gasteiger partial charge in [0.15, 0.2) is 0 Å². The van der Waals surface area contributed by atoms with Crippen LogP contribution in [-0.2, 0) is 11.2 Å². The molecule has 0 aliphatic carbocycles. The predicted molar refractivity (Wildman–Crippen MR) is 52.1 cm³/mol. The molecule has 1 aromatic rings. The molecule has 0 spiro atoms. The lowest BCUT2D eigenvalue weighted by Crippen LogP contribution is -2.03. The Bertz CT molecular complexity index is 435. The summed E-state index contributed by atoms with van der Waals surface area (Å²) in [7, 11) is 0. The number of nitrogens with zero attached hydrogens (tertiary/aromatic N) is 1. The third-order valence-electron chi connectivity index (χ3n) is 1.65. The molecule has 80 valence electrons. The maximum Gasteiger partial charge on any atom is 0.307 e. The van der Waals surface area contributed by atoms with E-state index in [1.807, 2.05) is 0 Å². The fourth-order valence-electron chi connectivity index (χ4n) is 1.02. The number of rotatable bonds is 3. The fourth-order valence-corrected chi connectivity index (χ4v) is 1.48. The van der Waals surface area contributed by atoms with E-state index in [1.165, 1.54) is 0 Å². The van der Waals surface area contributed by atoms with Gasteiger partial charge in [0, 0.05) is 11.6 Å². The van der Waals surface area contributed by atoms with Gasteiger partial charge in [-0.05, 0) is 22.0 Å². The predicted octanol–water partition coefficient (Wildman–Crippen LogP) is 2.12. The molecule has 1 aromatic carbocycles. The van der Waals surface area contributed by atoms with Gasteiger partial charge in [0.1, 0.15) is 5.82 Å². The van der Waals surface area contributed by atoms with E-state index >= 15 is 0 Å². The largest absolute Gasteiger partial charge is 0.481 e. The normalized spacial score (nSPS) is 10.0. The first kappa shape index (κ1) is 11.6. The molecule has 0 saturated carbocycles. The molecular formula is C8H5BrFNO4. The van der Waals surface area contributed by atoms with Gasteiger partial charge in [0.05, 0.1) is 15.8 Å². The first-order valence-corrected chi connectivity index (χ1v) is 4.55. The van der Waals surface area contributed by atoms with Crippen LogP contribution in [0.15, 0.2) is 16.6 Å². The SMILES string of the molecule is O=C(O)Cc1cc([N+](=O)[O-])c(Br)cc1F. The second-order valence-electron chi connectivity index (χ2n) is 2.72. The number of carbonyl (C=O) groups is 1. The summed E-state index contributed by atoms with van der Waals surface area (Å²) in [4.78, 5) is 20.1. The number of nitro benzene ring substituents is 1. The number of halogens is 2. The number of carboxylic acid groups (broad SMARTS) is 1. The van der Waals surface area contributed by atoms with E-state index in [0.717, 1.165) is 12.1 Å². The monoisotopic (exact) mass is 277 g/mol. The van der Waals surface area contributed by atoms with Crippen LogP contribution in [0, 0.1) is 15.9 Å². The average Bonchev–Trinajstić information content (AvgIpc) is 2.08.